The highest BCUT2D eigenvalue weighted by atomic mass is 32.2. The third-order valence-corrected chi connectivity index (χ3v) is 5.57. The van der Waals surface area contributed by atoms with Gasteiger partial charge in [-0.25, -0.2) is 0 Å². The minimum atomic E-state index is -0.122. The third kappa shape index (κ3) is 3.29. The molecule has 3 rings (SSSR count). The van der Waals surface area contributed by atoms with Gasteiger partial charge in [0.05, 0.1) is 12.0 Å². The summed E-state index contributed by atoms with van der Waals surface area (Å²) in [6, 6.07) is 3.95. The van der Waals surface area contributed by atoms with E-state index in [4.69, 9.17) is 4.74 Å². The first kappa shape index (κ1) is 16.1. The van der Waals surface area contributed by atoms with Crippen LogP contribution in [0, 0.1) is 13.8 Å². The molecular weight excluding hydrogens is 308 g/mol. The summed E-state index contributed by atoms with van der Waals surface area (Å²) in [6.45, 7) is 6.11. The van der Waals surface area contributed by atoms with Gasteiger partial charge in [0, 0.05) is 13.1 Å². The molecule has 4 nitrogen and oxygen atoms in total. The number of carbonyl (C=O) groups is 1. The van der Waals surface area contributed by atoms with E-state index in [0.29, 0.717) is 4.91 Å². The smallest absolute Gasteiger partial charge is 0.286 e. The number of amides is 1. The van der Waals surface area contributed by atoms with Gasteiger partial charge in [0.15, 0.2) is 5.17 Å². The van der Waals surface area contributed by atoms with Crippen LogP contribution < -0.4 is 4.74 Å². The fourth-order valence-corrected chi connectivity index (χ4v) is 3.91. The van der Waals surface area contributed by atoms with E-state index in [1.54, 1.807) is 7.11 Å². The molecule has 0 saturated carbocycles. The zero-order valence-corrected chi connectivity index (χ0v) is 14.7. The first-order valence-electron chi connectivity index (χ1n) is 8.02. The first-order chi connectivity index (χ1) is 11.1. The molecule has 0 bridgehead atoms. The molecule has 0 aromatic heterocycles. The molecular formula is C18H22N2O2S. The molecule has 1 aromatic rings. The van der Waals surface area contributed by atoms with Crippen LogP contribution in [0.5, 0.6) is 5.75 Å². The van der Waals surface area contributed by atoms with Gasteiger partial charge in [-0.15, -0.1) is 0 Å². The maximum atomic E-state index is 12.2. The van der Waals surface area contributed by atoms with E-state index in [2.05, 4.69) is 16.8 Å². The van der Waals surface area contributed by atoms with Gasteiger partial charge in [-0.3, -0.25) is 4.79 Å². The summed E-state index contributed by atoms with van der Waals surface area (Å²) in [4.78, 5) is 19.4. The topological polar surface area (TPSA) is 41.9 Å². The number of thioether (sulfide) groups is 1. The Hall–Kier alpha value is -1.75. The Morgan fingerprint density at radius 2 is 1.91 bits per heavy atom. The van der Waals surface area contributed by atoms with Gasteiger partial charge < -0.3 is 9.64 Å². The van der Waals surface area contributed by atoms with Crippen molar-refractivity contribution in [3.05, 3.63) is 33.7 Å². The molecule has 2 aliphatic rings. The predicted octanol–water partition coefficient (Wildman–Crippen LogP) is 3.77. The van der Waals surface area contributed by atoms with Gasteiger partial charge in [0.2, 0.25) is 0 Å². The highest BCUT2D eigenvalue weighted by molar-refractivity contribution is 8.18. The monoisotopic (exact) mass is 330 g/mol. The molecule has 0 N–H and O–H groups in total. The van der Waals surface area contributed by atoms with Crippen LogP contribution in [0.4, 0.5) is 0 Å². The Kier molecular flexibility index (Phi) is 4.76. The van der Waals surface area contributed by atoms with Crippen LogP contribution in [-0.2, 0) is 4.79 Å². The molecule has 0 spiro atoms. The number of carbonyl (C=O) groups excluding carboxylic acids is 1. The van der Waals surface area contributed by atoms with Gasteiger partial charge in [-0.1, -0.05) is 6.07 Å². The van der Waals surface area contributed by atoms with E-state index in [1.165, 1.54) is 31.0 Å². The van der Waals surface area contributed by atoms with Crippen molar-refractivity contribution in [2.75, 3.05) is 20.2 Å². The number of hydrogen-bond acceptors (Lipinski definition) is 4. The van der Waals surface area contributed by atoms with Crippen molar-refractivity contribution < 1.29 is 9.53 Å². The predicted molar refractivity (Wildman–Crippen MR) is 95.9 cm³/mol. The number of likely N-dealkylation sites (tertiary alicyclic amines) is 1. The normalized spacial score (nSPS) is 20.1. The van der Waals surface area contributed by atoms with Crippen LogP contribution in [-0.4, -0.2) is 36.2 Å². The van der Waals surface area contributed by atoms with Crippen LogP contribution in [0.25, 0.3) is 6.08 Å². The number of ether oxygens (including phenoxy) is 1. The van der Waals surface area contributed by atoms with Crippen molar-refractivity contribution in [2.24, 2.45) is 4.99 Å². The molecule has 0 aliphatic carbocycles. The lowest BCUT2D eigenvalue weighted by Gasteiger charge is -2.27. The highest BCUT2D eigenvalue weighted by Gasteiger charge is 2.27. The van der Waals surface area contributed by atoms with Gasteiger partial charge in [-0.05, 0) is 73.7 Å². The zero-order chi connectivity index (χ0) is 16.4. The standard InChI is InChI=1S/C18H22N2O2S/c1-12-13(2)15(22-3)8-7-14(12)11-16-17(21)19-18(23-16)20-9-5-4-6-10-20/h7-8,11H,4-6,9-10H2,1-3H3/b16-11-. The molecule has 5 heteroatoms. The quantitative estimate of drug-likeness (QED) is 0.774. The van der Waals surface area contributed by atoms with E-state index < -0.39 is 0 Å². The number of aliphatic imine (C=N–C) groups is 1. The van der Waals surface area contributed by atoms with Crippen LogP contribution in [0.1, 0.15) is 36.0 Å². The van der Waals surface area contributed by atoms with Crippen LogP contribution in [0.15, 0.2) is 22.0 Å². The van der Waals surface area contributed by atoms with Gasteiger partial charge >= 0.3 is 0 Å². The second-order valence-corrected chi connectivity index (χ2v) is 6.97. The Balaban J connectivity index is 1.82. The van der Waals surface area contributed by atoms with Crippen molar-refractivity contribution in [2.45, 2.75) is 33.1 Å². The van der Waals surface area contributed by atoms with Gasteiger partial charge in [0.1, 0.15) is 5.75 Å². The van der Waals surface area contributed by atoms with Crippen LogP contribution >= 0.6 is 11.8 Å². The van der Waals surface area contributed by atoms with Gasteiger partial charge in [0.25, 0.3) is 5.91 Å². The molecule has 2 heterocycles. The summed E-state index contributed by atoms with van der Waals surface area (Å²) in [7, 11) is 1.68. The summed E-state index contributed by atoms with van der Waals surface area (Å²) in [6.07, 6.45) is 5.60. The maximum absolute atomic E-state index is 12.2. The average molecular weight is 330 g/mol. The Morgan fingerprint density at radius 1 is 1.17 bits per heavy atom. The van der Waals surface area contributed by atoms with E-state index in [0.717, 1.165) is 40.7 Å². The molecule has 0 radical (unpaired) electrons. The minimum Gasteiger partial charge on any atom is -0.496 e. The summed E-state index contributed by atoms with van der Waals surface area (Å²) in [5.74, 6) is 0.753. The lowest BCUT2D eigenvalue weighted by molar-refractivity contribution is -0.113. The largest absolute Gasteiger partial charge is 0.496 e. The van der Waals surface area contributed by atoms with E-state index in [-0.39, 0.29) is 5.91 Å². The van der Waals surface area contributed by atoms with E-state index in [1.807, 2.05) is 25.1 Å². The molecule has 1 aromatic carbocycles. The van der Waals surface area contributed by atoms with Crippen molar-refractivity contribution >= 4 is 28.9 Å². The van der Waals surface area contributed by atoms with E-state index >= 15 is 0 Å². The second-order valence-electron chi connectivity index (χ2n) is 5.96. The molecule has 1 saturated heterocycles. The van der Waals surface area contributed by atoms with Crippen LogP contribution in [0.2, 0.25) is 0 Å². The lowest BCUT2D eigenvalue weighted by atomic mass is 10.0. The number of hydrogen-bond donors (Lipinski definition) is 0. The first-order valence-corrected chi connectivity index (χ1v) is 8.83. The number of benzene rings is 1. The minimum absolute atomic E-state index is 0.122. The number of methoxy groups -OCH3 is 1. The Bertz CT molecular complexity index is 689. The zero-order valence-electron chi connectivity index (χ0n) is 13.9. The van der Waals surface area contributed by atoms with Crippen molar-refractivity contribution in [1.82, 2.24) is 4.90 Å². The number of nitrogens with zero attached hydrogens (tertiary/aromatic N) is 2. The molecule has 23 heavy (non-hydrogen) atoms. The molecule has 0 unspecified atom stereocenters. The number of rotatable bonds is 2. The summed E-state index contributed by atoms with van der Waals surface area (Å²) >= 11 is 1.50. The fourth-order valence-electron chi connectivity index (χ4n) is 2.95. The number of piperidine rings is 1. The summed E-state index contributed by atoms with van der Waals surface area (Å²) in [5.41, 5.74) is 3.29. The Morgan fingerprint density at radius 3 is 2.61 bits per heavy atom. The summed E-state index contributed by atoms with van der Waals surface area (Å²) in [5, 5.41) is 0.865. The fraction of sp³-hybridized carbons (Fsp3) is 0.444. The van der Waals surface area contributed by atoms with Crippen molar-refractivity contribution in [3.63, 3.8) is 0 Å². The Labute approximate surface area is 141 Å². The van der Waals surface area contributed by atoms with Gasteiger partial charge in [-0.2, -0.15) is 4.99 Å². The average Bonchev–Trinajstić information content (AvgIpc) is 2.94. The molecule has 0 atom stereocenters. The molecule has 122 valence electrons. The van der Waals surface area contributed by atoms with E-state index in [9.17, 15) is 4.79 Å². The molecule has 1 fully saturated rings. The van der Waals surface area contributed by atoms with Crippen LogP contribution in [0.3, 0.4) is 0 Å². The molecule has 2 aliphatic heterocycles. The highest BCUT2D eigenvalue weighted by Crippen LogP contribution is 2.33. The lowest BCUT2D eigenvalue weighted by Crippen LogP contribution is -2.33. The number of amidine groups is 1. The second kappa shape index (κ2) is 6.79. The third-order valence-electron chi connectivity index (χ3n) is 4.52. The summed E-state index contributed by atoms with van der Waals surface area (Å²) < 4.78 is 5.35. The van der Waals surface area contributed by atoms with Crippen molar-refractivity contribution in [3.8, 4) is 5.75 Å². The maximum Gasteiger partial charge on any atom is 0.286 e. The molecule has 1 amide bonds. The van der Waals surface area contributed by atoms with Crippen molar-refractivity contribution in [1.29, 1.82) is 0 Å². The SMILES string of the molecule is COc1ccc(/C=C2\SC(N3CCCCC3)=NC2=O)c(C)c1C.